The zero-order chi connectivity index (χ0) is 14.4. The average molecular weight is 273 g/mol. The van der Waals surface area contributed by atoms with Crippen LogP contribution in [-0.4, -0.2) is 17.8 Å². The molecular weight excluding hydrogens is 253 g/mol. The second-order valence-corrected chi connectivity index (χ2v) is 4.87. The van der Waals surface area contributed by atoms with Gasteiger partial charge in [0.15, 0.2) is 0 Å². The van der Waals surface area contributed by atoms with E-state index >= 15 is 0 Å². The number of benzene rings is 2. The van der Waals surface area contributed by atoms with Gasteiger partial charge in [-0.3, -0.25) is 0 Å². The summed E-state index contributed by atoms with van der Waals surface area (Å²) in [7, 11) is 0. The van der Waals surface area contributed by atoms with Crippen molar-refractivity contribution in [3.63, 3.8) is 0 Å². The fourth-order valence-corrected chi connectivity index (χ4v) is 2.13. The molecule has 3 heteroatoms. The van der Waals surface area contributed by atoms with E-state index in [9.17, 15) is 9.50 Å². The maximum absolute atomic E-state index is 13.1. The largest absolute Gasteiger partial charge is 0.392 e. The molecule has 0 saturated carbocycles. The van der Waals surface area contributed by atoms with Gasteiger partial charge < -0.3 is 10.4 Å². The van der Waals surface area contributed by atoms with E-state index in [1.165, 1.54) is 12.1 Å². The fourth-order valence-electron chi connectivity index (χ4n) is 2.13. The molecule has 0 fully saturated rings. The molecule has 0 saturated heterocycles. The summed E-state index contributed by atoms with van der Waals surface area (Å²) in [6.07, 6.45) is 0.333. The van der Waals surface area contributed by atoms with E-state index in [0.29, 0.717) is 13.0 Å². The molecule has 2 aromatic carbocycles. The third-order valence-corrected chi connectivity index (χ3v) is 3.37. The molecule has 0 aliphatic heterocycles. The lowest BCUT2D eigenvalue weighted by Crippen LogP contribution is -2.30. The van der Waals surface area contributed by atoms with Crippen LogP contribution in [0.15, 0.2) is 54.6 Å². The minimum atomic E-state index is -0.373. The van der Waals surface area contributed by atoms with Gasteiger partial charge in [0.1, 0.15) is 5.82 Å². The van der Waals surface area contributed by atoms with E-state index in [2.05, 4.69) is 5.32 Å². The molecular formula is C17H20FNO. The van der Waals surface area contributed by atoms with Crippen molar-refractivity contribution in [3.05, 3.63) is 71.5 Å². The molecule has 2 unspecified atom stereocenters. The maximum atomic E-state index is 13.1. The number of aliphatic hydroxyl groups is 1. The van der Waals surface area contributed by atoms with Crippen molar-refractivity contribution in [1.82, 2.24) is 5.32 Å². The summed E-state index contributed by atoms with van der Waals surface area (Å²) >= 11 is 0. The fraction of sp³-hybridized carbons (Fsp3) is 0.294. The van der Waals surface area contributed by atoms with Gasteiger partial charge in [0.05, 0.1) is 12.1 Å². The lowest BCUT2D eigenvalue weighted by molar-refractivity contribution is 0.165. The highest BCUT2D eigenvalue weighted by molar-refractivity contribution is 5.31. The van der Waals surface area contributed by atoms with Crippen molar-refractivity contribution in [1.29, 1.82) is 0 Å². The highest BCUT2D eigenvalue weighted by Crippen LogP contribution is 2.22. The van der Waals surface area contributed by atoms with Crippen molar-refractivity contribution in [2.24, 2.45) is 0 Å². The number of nitrogens with one attached hydrogen (secondary N) is 1. The van der Waals surface area contributed by atoms with E-state index in [1.54, 1.807) is 12.1 Å². The van der Waals surface area contributed by atoms with Gasteiger partial charge in [-0.25, -0.2) is 4.39 Å². The van der Waals surface area contributed by atoms with Gasteiger partial charge in [-0.2, -0.15) is 0 Å². The van der Waals surface area contributed by atoms with Crippen molar-refractivity contribution in [3.8, 4) is 0 Å². The van der Waals surface area contributed by atoms with Crippen LogP contribution in [0, 0.1) is 5.82 Å². The summed E-state index contributed by atoms with van der Waals surface area (Å²) in [4.78, 5) is 0. The third-order valence-electron chi connectivity index (χ3n) is 3.37. The summed E-state index contributed by atoms with van der Waals surface area (Å²) in [5.41, 5.74) is 2.09. The lowest BCUT2D eigenvalue weighted by Gasteiger charge is -2.21. The number of hydrogen-bond acceptors (Lipinski definition) is 2. The monoisotopic (exact) mass is 273 g/mol. The minimum Gasteiger partial charge on any atom is -0.392 e. The van der Waals surface area contributed by atoms with E-state index in [-0.39, 0.29) is 18.0 Å². The molecule has 0 heterocycles. The van der Waals surface area contributed by atoms with Gasteiger partial charge in [-0.1, -0.05) is 49.4 Å². The predicted molar refractivity (Wildman–Crippen MR) is 79.0 cm³/mol. The molecule has 2 nitrogen and oxygen atoms in total. The molecule has 0 radical (unpaired) electrons. The van der Waals surface area contributed by atoms with Crippen molar-refractivity contribution in [2.45, 2.75) is 25.5 Å². The molecule has 2 rings (SSSR count). The standard InChI is InChI=1S/C17H20FNO/c1-2-16(20)12-19-17(13-6-4-3-5-7-13)14-8-10-15(18)11-9-14/h3-11,16-17,19-20H,2,12H2,1H3. The quantitative estimate of drug-likeness (QED) is 0.846. The average Bonchev–Trinajstić information content (AvgIpc) is 2.50. The molecule has 0 spiro atoms. The Labute approximate surface area is 119 Å². The van der Waals surface area contributed by atoms with Gasteiger partial charge in [0, 0.05) is 6.54 Å². The first kappa shape index (κ1) is 14.7. The smallest absolute Gasteiger partial charge is 0.123 e. The van der Waals surface area contributed by atoms with Gasteiger partial charge >= 0.3 is 0 Å². The molecule has 20 heavy (non-hydrogen) atoms. The van der Waals surface area contributed by atoms with E-state index in [0.717, 1.165) is 11.1 Å². The highest BCUT2D eigenvalue weighted by atomic mass is 19.1. The Balaban J connectivity index is 2.22. The predicted octanol–water partition coefficient (Wildman–Crippen LogP) is 3.28. The first-order chi connectivity index (χ1) is 9.70. The Morgan fingerprint density at radius 2 is 1.60 bits per heavy atom. The molecule has 0 aromatic heterocycles. The number of halogens is 1. The Bertz CT molecular complexity index is 512. The van der Waals surface area contributed by atoms with Crippen molar-refractivity contribution in [2.75, 3.05) is 6.54 Å². The van der Waals surface area contributed by atoms with Crippen LogP contribution < -0.4 is 5.32 Å². The van der Waals surface area contributed by atoms with Crippen molar-refractivity contribution >= 4 is 0 Å². The summed E-state index contributed by atoms with van der Waals surface area (Å²) in [6.45, 7) is 2.45. The first-order valence-corrected chi connectivity index (χ1v) is 6.92. The first-order valence-electron chi connectivity index (χ1n) is 6.92. The van der Waals surface area contributed by atoms with Gasteiger partial charge in [0.2, 0.25) is 0 Å². The summed E-state index contributed by atoms with van der Waals surface area (Å²) in [5.74, 6) is -0.242. The van der Waals surface area contributed by atoms with Crippen LogP contribution in [0.3, 0.4) is 0 Å². The summed E-state index contributed by atoms with van der Waals surface area (Å²) in [5, 5.41) is 13.1. The normalized spacial score (nSPS) is 13.9. The second-order valence-electron chi connectivity index (χ2n) is 4.87. The minimum absolute atomic E-state index is 0.0435. The molecule has 0 bridgehead atoms. The van der Waals surface area contributed by atoms with Crippen molar-refractivity contribution < 1.29 is 9.50 Å². The van der Waals surface area contributed by atoms with Gasteiger partial charge in [0.25, 0.3) is 0 Å². The van der Waals surface area contributed by atoms with Crippen LogP contribution in [0.5, 0.6) is 0 Å². The third kappa shape index (κ3) is 3.89. The van der Waals surface area contributed by atoms with Crippen LogP contribution in [0.4, 0.5) is 4.39 Å². The Morgan fingerprint density at radius 1 is 1.00 bits per heavy atom. The zero-order valence-electron chi connectivity index (χ0n) is 11.6. The van der Waals surface area contributed by atoms with Crippen LogP contribution in [0.2, 0.25) is 0 Å². The zero-order valence-corrected chi connectivity index (χ0v) is 11.6. The number of aliphatic hydroxyl groups excluding tert-OH is 1. The summed E-state index contributed by atoms with van der Waals surface area (Å²) < 4.78 is 13.1. The van der Waals surface area contributed by atoms with Crippen LogP contribution >= 0.6 is 0 Å². The highest BCUT2D eigenvalue weighted by Gasteiger charge is 2.14. The van der Waals surface area contributed by atoms with E-state index in [4.69, 9.17) is 0 Å². The van der Waals surface area contributed by atoms with E-state index in [1.807, 2.05) is 37.3 Å². The molecule has 0 aliphatic rings. The molecule has 2 atom stereocenters. The van der Waals surface area contributed by atoms with Gasteiger partial charge in [-0.15, -0.1) is 0 Å². The van der Waals surface area contributed by atoms with Crippen LogP contribution in [-0.2, 0) is 0 Å². The molecule has 0 aliphatic carbocycles. The molecule has 0 amide bonds. The number of rotatable bonds is 6. The van der Waals surface area contributed by atoms with E-state index < -0.39 is 0 Å². The Hall–Kier alpha value is -1.71. The summed E-state index contributed by atoms with van der Waals surface area (Å²) in [6, 6.07) is 16.4. The Morgan fingerprint density at radius 3 is 2.20 bits per heavy atom. The topological polar surface area (TPSA) is 32.3 Å². The Kier molecular flexibility index (Phi) is 5.27. The maximum Gasteiger partial charge on any atom is 0.123 e. The molecule has 2 aromatic rings. The molecule has 106 valence electrons. The van der Waals surface area contributed by atoms with Crippen LogP contribution in [0.1, 0.15) is 30.5 Å². The molecule has 2 N–H and O–H groups in total. The SMILES string of the molecule is CCC(O)CNC(c1ccccc1)c1ccc(F)cc1. The second kappa shape index (κ2) is 7.17. The van der Waals surface area contributed by atoms with Gasteiger partial charge in [-0.05, 0) is 29.7 Å². The lowest BCUT2D eigenvalue weighted by atomic mass is 9.98. The number of hydrogen-bond donors (Lipinski definition) is 2. The van der Waals surface area contributed by atoms with Crippen LogP contribution in [0.25, 0.3) is 0 Å².